The largest absolute Gasteiger partial charge is 0.497 e. The van der Waals surface area contributed by atoms with Crippen molar-refractivity contribution in [1.82, 2.24) is 0 Å². The second-order valence-electron chi connectivity index (χ2n) is 6.86. The summed E-state index contributed by atoms with van der Waals surface area (Å²) in [6.45, 7) is 5.99. The van der Waals surface area contributed by atoms with Crippen molar-refractivity contribution in [3.8, 4) is 5.75 Å². The Balaban J connectivity index is 1.94. The molecule has 0 unspecified atom stereocenters. The lowest BCUT2D eigenvalue weighted by Gasteiger charge is -2.13. The Morgan fingerprint density at radius 3 is 2.19 bits per heavy atom. The highest BCUT2D eigenvalue weighted by Gasteiger charge is 2.22. The molecule has 1 aliphatic rings. The average Bonchev–Trinajstić information content (AvgIpc) is 2.97. The van der Waals surface area contributed by atoms with Crippen molar-refractivity contribution < 1.29 is 9.13 Å². The topological polar surface area (TPSA) is 58.3 Å². The van der Waals surface area contributed by atoms with E-state index in [2.05, 4.69) is 20.3 Å². The van der Waals surface area contributed by atoms with Crippen LogP contribution in [-0.2, 0) is 0 Å². The third-order valence-corrected chi connectivity index (χ3v) is 3.54. The number of nitrogens with zero attached hydrogens (tertiary/aromatic N) is 3. The fourth-order valence-corrected chi connectivity index (χ4v) is 2.35. The van der Waals surface area contributed by atoms with Gasteiger partial charge in [0.15, 0.2) is 17.5 Å². The molecule has 1 aliphatic heterocycles. The molecule has 2 aromatic rings. The van der Waals surface area contributed by atoms with Crippen molar-refractivity contribution in [3.05, 3.63) is 59.9 Å². The summed E-state index contributed by atoms with van der Waals surface area (Å²) in [5.41, 5.74) is 1.28. The maximum absolute atomic E-state index is 13.1. The monoisotopic (exact) mass is 352 g/mol. The number of hydrogen-bond donors (Lipinski definition) is 1. The first-order chi connectivity index (χ1) is 12.3. The maximum atomic E-state index is 13.1. The number of amidine groups is 3. The Morgan fingerprint density at radius 2 is 1.62 bits per heavy atom. The lowest BCUT2D eigenvalue weighted by atomic mass is 10.1. The molecule has 6 heteroatoms. The number of methoxy groups -OCH3 is 1. The van der Waals surface area contributed by atoms with Crippen LogP contribution >= 0.6 is 0 Å². The van der Waals surface area contributed by atoms with Crippen LogP contribution in [0.25, 0.3) is 0 Å². The zero-order valence-electron chi connectivity index (χ0n) is 15.2. The summed E-state index contributed by atoms with van der Waals surface area (Å²) in [7, 11) is 1.62. The van der Waals surface area contributed by atoms with Crippen LogP contribution in [0, 0.1) is 5.82 Å². The van der Waals surface area contributed by atoms with Crippen LogP contribution in [0.4, 0.5) is 10.1 Å². The number of halogens is 1. The van der Waals surface area contributed by atoms with Crippen molar-refractivity contribution in [1.29, 1.82) is 0 Å². The van der Waals surface area contributed by atoms with Gasteiger partial charge in [0.1, 0.15) is 11.6 Å². The molecule has 26 heavy (non-hydrogen) atoms. The average molecular weight is 352 g/mol. The number of aliphatic imine (C=N–C) groups is 3. The van der Waals surface area contributed by atoms with E-state index < -0.39 is 0 Å². The second-order valence-corrected chi connectivity index (χ2v) is 6.86. The molecule has 0 bridgehead atoms. The Hall–Kier alpha value is -3.02. The van der Waals surface area contributed by atoms with Crippen LogP contribution in [0.15, 0.2) is 63.5 Å². The molecule has 0 fully saturated rings. The molecule has 3 rings (SSSR count). The summed E-state index contributed by atoms with van der Waals surface area (Å²) >= 11 is 0. The zero-order chi connectivity index (χ0) is 18.7. The Bertz CT molecular complexity index is 876. The van der Waals surface area contributed by atoms with Crippen LogP contribution < -0.4 is 10.1 Å². The fourth-order valence-electron chi connectivity index (χ4n) is 2.35. The number of rotatable bonds is 3. The lowest BCUT2D eigenvalue weighted by Crippen LogP contribution is -2.23. The predicted molar refractivity (Wildman–Crippen MR) is 104 cm³/mol. The van der Waals surface area contributed by atoms with Gasteiger partial charge in [-0.1, -0.05) is 0 Å². The smallest absolute Gasteiger partial charge is 0.193 e. The van der Waals surface area contributed by atoms with Crippen LogP contribution in [0.3, 0.4) is 0 Å². The molecule has 0 saturated heterocycles. The molecular formula is C20H21FN4O. The summed E-state index contributed by atoms with van der Waals surface area (Å²) in [4.78, 5) is 13.8. The summed E-state index contributed by atoms with van der Waals surface area (Å²) in [6.07, 6.45) is 0. The highest BCUT2D eigenvalue weighted by molar-refractivity contribution is 6.51. The minimum atomic E-state index is -0.306. The van der Waals surface area contributed by atoms with Crippen molar-refractivity contribution in [3.63, 3.8) is 0 Å². The molecule has 1 N–H and O–H groups in total. The van der Waals surface area contributed by atoms with Gasteiger partial charge in [-0.25, -0.2) is 14.4 Å². The first-order valence-electron chi connectivity index (χ1n) is 8.29. The summed E-state index contributed by atoms with van der Waals surface area (Å²) in [5.74, 6) is 2.11. The molecule has 0 spiro atoms. The first kappa shape index (κ1) is 17.8. The lowest BCUT2D eigenvalue weighted by molar-refractivity contribution is 0.415. The number of hydrogen-bond acceptors (Lipinski definition) is 4. The van der Waals surface area contributed by atoms with E-state index in [-0.39, 0.29) is 11.4 Å². The molecule has 134 valence electrons. The molecule has 0 radical (unpaired) electrons. The Kier molecular flexibility index (Phi) is 4.84. The number of nitrogens with one attached hydrogen (secondary N) is 1. The highest BCUT2D eigenvalue weighted by Crippen LogP contribution is 2.18. The van der Waals surface area contributed by atoms with Gasteiger partial charge in [-0.05, 0) is 69.3 Å². The summed E-state index contributed by atoms with van der Waals surface area (Å²) < 4.78 is 18.3. The fraction of sp³-hybridized carbons (Fsp3) is 0.250. The van der Waals surface area contributed by atoms with E-state index in [0.717, 1.165) is 17.0 Å². The first-order valence-corrected chi connectivity index (χ1v) is 8.29. The predicted octanol–water partition coefficient (Wildman–Crippen LogP) is 4.30. The van der Waals surface area contributed by atoms with Crippen LogP contribution in [0.5, 0.6) is 5.75 Å². The minimum absolute atomic E-state index is 0.289. The van der Waals surface area contributed by atoms with Crippen LogP contribution in [0.2, 0.25) is 0 Å². The van der Waals surface area contributed by atoms with Crippen molar-refractivity contribution in [2.45, 2.75) is 26.3 Å². The number of ether oxygens (including phenoxy) is 1. The zero-order valence-corrected chi connectivity index (χ0v) is 15.2. The Morgan fingerprint density at radius 1 is 0.962 bits per heavy atom. The number of anilines is 1. The van der Waals surface area contributed by atoms with Gasteiger partial charge in [0.25, 0.3) is 0 Å². The van der Waals surface area contributed by atoms with E-state index in [1.54, 1.807) is 19.2 Å². The Labute approximate surface area is 152 Å². The van der Waals surface area contributed by atoms with E-state index in [1.165, 1.54) is 12.1 Å². The van der Waals surface area contributed by atoms with E-state index in [4.69, 9.17) is 4.74 Å². The summed E-state index contributed by atoms with van der Waals surface area (Å²) in [5, 5.41) is 3.18. The van der Waals surface area contributed by atoms with Crippen molar-refractivity contribution >= 4 is 23.2 Å². The van der Waals surface area contributed by atoms with Crippen LogP contribution in [0.1, 0.15) is 26.3 Å². The second kappa shape index (κ2) is 7.07. The molecule has 0 saturated carbocycles. The van der Waals surface area contributed by atoms with E-state index >= 15 is 0 Å². The number of benzene rings is 2. The molecule has 0 aliphatic carbocycles. The van der Waals surface area contributed by atoms with Gasteiger partial charge >= 0.3 is 0 Å². The maximum Gasteiger partial charge on any atom is 0.193 e. The molecule has 2 aromatic carbocycles. The van der Waals surface area contributed by atoms with Crippen molar-refractivity contribution in [2.24, 2.45) is 15.0 Å². The van der Waals surface area contributed by atoms with E-state index in [1.807, 2.05) is 45.0 Å². The molecule has 0 atom stereocenters. The van der Waals surface area contributed by atoms with Crippen molar-refractivity contribution in [2.75, 3.05) is 12.4 Å². The van der Waals surface area contributed by atoms with Gasteiger partial charge in [0.2, 0.25) is 0 Å². The van der Waals surface area contributed by atoms with Crippen LogP contribution in [-0.4, -0.2) is 30.2 Å². The SMILES string of the molecule is COc1ccc(C2=NC(=NC(C)(C)C)C(Nc3ccc(F)cc3)=N2)cc1. The van der Waals surface area contributed by atoms with Gasteiger partial charge in [-0.15, -0.1) is 0 Å². The minimum Gasteiger partial charge on any atom is -0.497 e. The van der Waals surface area contributed by atoms with Gasteiger partial charge in [-0.2, -0.15) is 0 Å². The highest BCUT2D eigenvalue weighted by atomic mass is 19.1. The molecule has 5 nitrogen and oxygen atoms in total. The van der Waals surface area contributed by atoms with Gasteiger partial charge in [-0.3, -0.25) is 4.99 Å². The van der Waals surface area contributed by atoms with Gasteiger partial charge in [0, 0.05) is 11.3 Å². The quantitative estimate of drug-likeness (QED) is 0.895. The molecule has 1 heterocycles. The van der Waals surface area contributed by atoms with Gasteiger partial charge < -0.3 is 10.1 Å². The molecular weight excluding hydrogens is 331 g/mol. The molecule has 0 aromatic heterocycles. The van der Waals surface area contributed by atoms with E-state index in [9.17, 15) is 4.39 Å². The third-order valence-electron chi connectivity index (χ3n) is 3.54. The third kappa shape index (κ3) is 4.33. The summed E-state index contributed by atoms with van der Waals surface area (Å²) in [6, 6.07) is 13.6. The normalized spacial score (nSPS) is 15.7. The molecule has 0 amide bonds. The standard InChI is InChI=1S/C20H21FN4O/c1-20(2,3)25-19-18(22-15-9-7-14(21)8-10-15)23-17(24-19)13-5-11-16(26-4)12-6-13/h5-12H,1-4H3,(H,22,23,24,25). The van der Waals surface area contributed by atoms with Gasteiger partial charge in [0.05, 0.1) is 12.6 Å². The van der Waals surface area contributed by atoms with E-state index in [0.29, 0.717) is 17.5 Å².